The number of thiophene rings is 1. The molecule has 0 fully saturated rings. The summed E-state index contributed by atoms with van der Waals surface area (Å²) in [6, 6.07) is 10.7. The van der Waals surface area contributed by atoms with Crippen LogP contribution in [0.3, 0.4) is 0 Å². The monoisotopic (exact) mass is 274 g/mol. The van der Waals surface area contributed by atoms with Gasteiger partial charge in [0, 0.05) is 10.8 Å². The van der Waals surface area contributed by atoms with Gasteiger partial charge in [0.05, 0.1) is 12.7 Å². The second-order valence-electron chi connectivity index (χ2n) is 5.12. The van der Waals surface area contributed by atoms with Crippen LogP contribution in [0.1, 0.15) is 33.9 Å². The van der Waals surface area contributed by atoms with Crippen LogP contribution in [0, 0.1) is 0 Å². The molecule has 0 spiro atoms. The highest BCUT2D eigenvalue weighted by Crippen LogP contribution is 2.39. The largest absolute Gasteiger partial charge is 0.394 e. The zero-order chi connectivity index (χ0) is 13.2. The summed E-state index contributed by atoms with van der Waals surface area (Å²) in [5, 5.41) is 21.1. The summed E-state index contributed by atoms with van der Waals surface area (Å²) < 4.78 is 0. The molecule has 2 nitrogen and oxygen atoms in total. The van der Waals surface area contributed by atoms with E-state index in [2.05, 4.69) is 35.7 Å². The Morgan fingerprint density at radius 3 is 2.84 bits per heavy atom. The number of aryl methyl sites for hydroxylation is 2. The highest BCUT2D eigenvalue weighted by molar-refractivity contribution is 7.10. The number of aliphatic hydroxyl groups excluding tert-OH is 2. The molecule has 0 bridgehead atoms. The SMILES string of the molecule is OCC(O)CC1c2ccccc2CCc2sccc21. The Bertz CT molecular complexity index is 561. The fourth-order valence-electron chi connectivity index (χ4n) is 2.98. The molecule has 3 heteroatoms. The zero-order valence-corrected chi connectivity index (χ0v) is 11.6. The van der Waals surface area contributed by atoms with Crippen LogP contribution in [0.2, 0.25) is 0 Å². The Hall–Kier alpha value is -1.16. The maximum Gasteiger partial charge on any atom is 0.0780 e. The quantitative estimate of drug-likeness (QED) is 0.903. The summed E-state index contributed by atoms with van der Waals surface area (Å²) >= 11 is 1.80. The number of aliphatic hydroxyl groups is 2. The molecule has 1 aromatic heterocycles. The second kappa shape index (κ2) is 5.45. The third-order valence-electron chi connectivity index (χ3n) is 3.93. The molecule has 2 N–H and O–H groups in total. The van der Waals surface area contributed by atoms with Crippen molar-refractivity contribution in [1.29, 1.82) is 0 Å². The predicted molar refractivity (Wildman–Crippen MR) is 77.7 cm³/mol. The minimum atomic E-state index is -0.649. The summed E-state index contributed by atoms with van der Waals surface area (Å²) in [5.74, 6) is 0.210. The number of hydrogen-bond acceptors (Lipinski definition) is 3. The molecule has 1 heterocycles. The van der Waals surface area contributed by atoms with Gasteiger partial charge in [0.15, 0.2) is 0 Å². The molecule has 1 aliphatic carbocycles. The van der Waals surface area contributed by atoms with Crippen molar-refractivity contribution in [1.82, 2.24) is 0 Å². The van der Waals surface area contributed by atoms with Gasteiger partial charge in [-0.05, 0) is 47.4 Å². The average molecular weight is 274 g/mol. The first-order valence-corrected chi connectivity index (χ1v) is 7.60. The number of rotatable bonds is 3. The first-order chi connectivity index (χ1) is 9.29. The molecule has 1 aromatic carbocycles. The van der Waals surface area contributed by atoms with E-state index in [4.69, 9.17) is 5.11 Å². The lowest BCUT2D eigenvalue weighted by molar-refractivity contribution is 0.0849. The number of fused-ring (bicyclic) bond motifs is 2. The Morgan fingerprint density at radius 1 is 1.16 bits per heavy atom. The van der Waals surface area contributed by atoms with Gasteiger partial charge in [-0.1, -0.05) is 24.3 Å². The lowest BCUT2D eigenvalue weighted by atomic mass is 9.86. The highest BCUT2D eigenvalue weighted by atomic mass is 32.1. The smallest absolute Gasteiger partial charge is 0.0780 e. The van der Waals surface area contributed by atoms with Gasteiger partial charge in [0.1, 0.15) is 0 Å². The van der Waals surface area contributed by atoms with E-state index >= 15 is 0 Å². The summed E-state index contributed by atoms with van der Waals surface area (Å²) in [6.45, 7) is -0.169. The molecule has 2 atom stereocenters. The van der Waals surface area contributed by atoms with E-state index in [0.717, 1.165) is 12.8 Å². The number of benzene rings is 1. The predicted octanol–water partition coefficient (Wildman–Crippen LogP) is 2.72. The van der Waals surface area contributed by atoms with Crippen LogP contribution in [0.25, 0.3) is 0 Å². The first kappa shape index (κ1) is 12.9. The molecule has 0 aliphatic heterocycles. The van der Waals surface area contributed by atoms with Gasteiger partial charge in [-0.25, -0.2) is 0 Å². The Balaban J connectivity index is 2.05. The van der Waals surface area contributed by atoms with Crippen LogP contribution < -0.4 is 0 Å². The summed E-state index contributed by atoms with van der Waals surface area (Å²) in [7, 11) is 0. The fraction of sp³-hybridized carbons (Fsp3) is 0.375. The number of hydrogen-bond donors (Lipinski definition) is 2. The minimum Gasteiger partial charge on any atom is -0.394 e. The van der Waals surface area contributed by atoms with E-state index in [1.165, 1.54) is 21.6 Å². The molecular formula is C16H18O2S. The zero-order valence-electron chi connectivity index (χ0n) is 10.7. The van der Waals surface area contributed by atoms with Gasteiger partial charge in [0.25, 0.3) is 0 Å². The highest BCUT2D eigenvalue weighted by Gasteiger charge is 2.26. The summed E-state index contributed by atoms with van der Waals surface area (Å²) in [5.41, 5.74) is 4.02. The normalized spacial score (nSPS) is 19.4. The van der Waals surface area contributed by atoms with E-state index in [-0.39, 0.29) is 12.5 Å². The van der Waals surface area contributed by atoms with Crippen LogP contribution in [0.4, 0.5) is 0 Å². The van der Waals surface area contributed by atoms with Gasteiger partial charge < -0.3 is 10.2 Å². The van der Waals surface area contributed by atoms with Gasteiger partial charge >= 0.3 is 0 Å². The van der Waals surface area contributed by atoms with Crippen LogP contribution >= 0.6 is 11.3 Å². The van der Waals surface area contributed by atoms with Crippen molar-refractivity contribution in [2.45, 2.75) is 31.3 Å². The topological polar surface area (TPSA) is 40.5 Å². The van der Waals surface area contributed by atoms with Crippen molar-refractivity contribution in [2.24, 2.45) is 0 Å². The Kier molecular flexibility index (Phi) is 3.69. The molecule has 0 radical (unpaired) electrons. The molecule has 19 heavy (non-hydrogen) atoms. The van der Waals surface area contributed by atoms with E-state index < -0.39 is 6.10 Å². The molecule has 2 aromatic rings. The molecule has 2 unspecified atom stereocenters. The maximum absolute atomic E-state index is 9.84. The second-order valence-corrected chi connectivity index (χ2v) is 6.12. The molecule has 100 valence electrons. The molecule has 0 saturated heterocycles. The van der Waals surface area contributed by atoms with Gasteiger partial charge in [0.2, 0.25) is 0 Å². The van der Waals surface area contributed by atoms with Gasteiger partial charge in [-0.3, -0.25) is 0 Å². The molecule has 3 rings (SSSR count). The fourth-order valence-corrected chi connectivity index (χ4v) is 3.93. The lowest BCUT2D eigenvalue weighted by Gasteiger charge is -2.21. The van der Waals surface area contributed by atoms with Crippen LogP contribution in [-0.2, 0) is 12.8 Å². The average Bonchev–Trinajstić information content (AvgIpc) is 2.86. The van der Waals surface area contributed by atoms with Crippen LogP contribution in [0.15, 0.2) is 35.7 Å². The minimum absolute atomic E-state index is 0.169. The van der Waals surface area contributed by atoms with Gasteiger partial charge in [-0.2, -0.15) is 0 Å². The van der Waals surface area contributed by atoms with Crippen molar-refractivity contribution < 1.29 is 10.2 Å². The molecular weight excluding hydrogens is 256 g/mol. The molecule has 0 amide bonds. The summed E-state index contributed by atoms with van der Waals surface area (Å²) in [6.07, 6.45) is 2.09. The third kappa shape index (κ3) is 2.46. The van der Waals surface area contributed by atoms with Crippen molar-refractivity contribution >= 4 is 11.3 Å². The van der Waals surface area contributed by atoms with E-state index in [1.54, 1.807) is 11.3 Å². The standard InChI is InChI=1S/C16H18O2S/c17-10-12(18)9-15-13-4-2-1-3-11(13)5-6-16-14(15)7-8-19-16/h1-4,7-8,12,15,17-18H,5-6,9-10H2. The van der Waals surface area contributed by atoms with E-state index in [1.807, 2.05) is 0 Å². The summed E-state index contributed by atoms with van der Waals surface area (Å²) in [4.78, 5) is 1.42. The van der Waals surface area contributed by atoms with Crippen molar-refractivity contribution in [2.75, 3.05) is 6.61 Å². The maximum atomic E-state index is 9.84. The first-order valence-electron chi connectivity index (χ1n) is 6.72. The third-order valence-corrected chi connectivity index (χ3v) is 4.92. The Labute approximate surface area is 117 Å². The van der Waals surface area contributed by atoms with Gasteiger partial charge in [-0.15, -0.1) is 11.3 Å². The van der Waals surface area contributed by atoms with Crippen molar-refractivity contribution in [3.63, 3.8) is 0 Å². The molecule has 1 aliphatic rings. The van der Waals surface area contributed by atoms with Crippen LogP contribution in [-0.4, -0.2) is 22.9 Å². The molecule has 0 saturated carbocycles. The lowest BCUT2D eigenvalue weighted by Crippen LogP contribution is -2.17. The van der Waals surface area contributed by atoms with E-state index in [9.17, 15) is 5.11 Å². The van der Waals surface area contributed by atoms with Crippen LogP contribution in [0.5, 0.6) is 0 Å². The Morgan fingerprint density at radius 2 is 2.00 bits per heavy atom. The van der Waals surface area contributed by atoms with Crippen molar-refractivity contribution in [3.05, 3.63) is 57.3 Å². The van der Waals surface area contributed by atoms with Crippen molar-refractivity contribution in [3.8, 4) is 0 Å². The van der Waals surface area contributed by atoms with E-state index in [0.29, 0.717) is 6.42 Å².